The highest BCUT2D eigenvalue weighted by Crippen LogP contribution is 2.45. The van der Waals surface area contributed by atoms with Gasteiger partial charge in [0.15, 0.2) is 5.92 Å². The molecule has 1 aromatic heterocycles. The first kappa shape index (κ1) is 14.7. The summed E-state index contributed by atoms with van der Waals surface area (Å²) < 4.78 is 74.5. The van der Waals surface area contributed by atoms with Gasteiger partial charge in [-0.3, -0.25) is 4.98 Å². The SMILES string of the molecule is Cc1ccc(C(N)C(C(F)(F)F)C(F)(F)F)cn1. The second-order valence-electron chi connectivity index (χ2n) is 3.82. The van der Waals surface area contributed by atoms with Crippen molar-refractivity contribution in [2.45, 2.75) is 25.3 Å². The lowest BCUT2D eigenvalue weighted by molar-refractivity contribution is -0.290. The first-order valence-electron chi connectivity index (χ1n) is 4.85. The van der Waals surface area contributed by atoms with Crippen LogP contribution in [0.5, 0.6) is 0 Å². The lowest BCUT2D eigenvalue weighted by Crippen LogP contribution is -2.44. The Labute approximate surface area is 98.8 Å². The molecular weight excluding hydrogens is 262 g/mol. The zero-order valence-corrected chi connectivity index (χ0v) is 9.18. The van der Waals surface area contributed by atoms with Gasteiger partial charge in [0.2, 0.25) is 0 Å². The molecule has 1 aromatic rings. The Hall–Kier alpha value is -1.31. The lowest BCUT2D eigenvalue weighted by Gasteiger charge is -2.28. The second kappa shape index (κ2) is 4.75. The molecule has 0 radical (unpaired) electrons. The van der Waals surface area contributed by atoms with E-state index in [1.807, 2.05) is 0 Å². The van der Waals surface area contributed by atoms with E-state index in [0.29, 0.717) is 5.69 Å². The van der Waals surface area contributed by atoms with Crippen LogP contribution in [0.15, 0.2) is 18.3 Å². The van der Waals surface area contributed by atoms with Gasteiger partial charge in [0.25, 0.3) is 0 Å². The maximum absolute atomic E-state index is 12.4. The van der Waals surface area contributed by atoms with E-state index in [0.717, 1.165) is 12.3 Å². The average molecular weight is 272 g/mol. The zero-order chi connectivity index (χ0) is 14.1. The minimum Gasteiger partial charge on any atom is -0.323 e. The summed E-state index contributed by atoms with van der Waals surface area (Å²) in [6, 6.07) is 0.189. The fraction of sp³-hybridized carbons (Fsp3) is 0.500. The van der Waals surface area contributed by atoms with Crippen molar-refractivity contribution in [1.82, 2.24) is 4.98 Å². The molecule has 0 bridgehead atoms. The number of rotatable bonds is 2. The fourth-order valence-electron chi connectivity index (χ4n) is 1.46. The Kier molecular flexibility index (Phi) is 3.89. The fourth-order valence-corrected chi connectivity index (χ4v) is 1.46. The molecule has 2 N–H and O–H groups in total. The molecule has 2 nitrogen and oxygen atoms in total. The first-order chi connectivity index (χ1) is 8.03. The van der Waals surface area contributed by atoms with Gasteiger partial charge in [-0.25, -0.2) is 0 Å². The number of halogens is 6. The number of hydrogen-bond donors (Lipinski definition) is 1. The van der Waals surface area contributed by atoms with Gasteiger partial charge in [0, 0.05) is 11.9 Å². The van der Waals surface area contributed by atoms with Crippen molar-refractivity contribution < 1.29 is 26.3 Å². The predicted octanol–water partition coefficient (Wildman–Crippen LogP) is 3.13. The molecule has 0 aliphatic heterocycles. The van der Waals surface area contributed by atoms with Crippen LogP contribution in [0, 0.1) is 12.8 Å². The summed E-state index contributed by atoms with van der Waals surface area (Å²) in [5.41, 5.74) is 5.25. The third kappa shape index (κ3) is 3.34. The van der Waals surface area contributed by atoms with Gasteiger partial charge in [-0.2, -0.15) is 26.3 Å². The highest BCUT2D eigenvalue weighted by Gasteiger charge is 2.59. The largest absolute Gasteiger partial charge is 0.402 e. The lowest BCUT2D eigenvalue weighted by atomic mass is 9.93. The van der Waals surface area contributed by atoms with Crippen molar-refractivity contribution in [1.29, 1.82) is 0 Å². The second-order valence-corrected chi connectivity index (χ2v) is 3.82. The molecule has 0 aliphatic rings. The van der Waals surface area contributed by atoms with Gasteiger partial charge >= 0.3 is 12.4 Å². The number of aromatic nitrogens is 1. The average Bonchev–Trinajstić information content (AvgIpc) is 2.13. The molecule has 1 heterocycles. The number of nitrogens with zero attached hydrogens (tertiary/aromatic N) is 1. The number of alkyl halides is 6. The summed E-state index contributed by atoms with van der Waals surface area (Å²) >= 11 is 0. The minimum absolute atomic E-state index is 0.305. The molecule has 1 unspecified atom stereocenters. The van der Waals surface area contributed by atoms with Gasteiger partial charge in [-0.05, 0) is 18.6 Å². The third-order valence-corrected chi connectivity index (χ3v) is 2.38. The maximum Gasteiger partial charge on any atom is 0.402 e. The van der Waals surface area contributed by atoms with Crippen LogP contribution in [0.25, 0.3) is 0 Å². The van der Waals surface area contributed by atoms with Gasteiger partial charge in [0.05, 0.1) is 6.04 Å². The molecule has 0 amide bonds. The van der Waals surface area contributed by atoms with Crippen molar-refractivity contribution in [3.05, 3.63) is 29.6 Å². The van der Waals surface area contributed by atoms with E-state index in [9.17, 15) is 26.3 Å². The molecule has 0 spiro atoms. The minimum atomic E-state index is -5.46. The molecule has 1 atom stereocenters. The van der Waals surface area contributed by atoms with Crippen molar-refractivity contribution in [2.75, 3.05) is 0 Å². The molecule has 0 saturated heterocycles. The van der Waals surface area contributed by atoms with E-state index in [4.69, 9.17) is 5.73 Å². The molecule has 1 rings (SSSR count). The van der Waals surface area contributed by atoms with Gasteiger partial charge in [-0.15, -0.1) is 0 Å². The van der Waals surface area contributed by atoms with Crippen LogP contribution in [-0.4, -0.2) is 17.3 Å². The van der Waals surface area contributed by atoms with E-state index in [1.54, 1.807) is 6.92 Å². The number of aryl methyl sites for hydroxylation is 1. The molecule has 8 heteroatoms. The Balaban J connectivity index is 3.11. The molecule has 102 valence electrons. The Bertz CT molecular complexity index is 380. The van der Waals surface area contributed by atoms with Gasteiger partial charge < -0.3 is 5.73 Å². The molecule has 0 saturated carbocycles. The highest BCUT2D eigenvalue weighted by molar-refractivity contribution is 5.18. The van der Waals surface area contributed by atoms with Crippen molar-refractivity contribution in [3.8, 4) is 0 Å². The van der Waals surface area contributed by atoms with E-state index in [2.05, 4.69) is 4.98 Å². The van der Waals surface area contributed by atoms with E-state index in [1.165, 1.54) is 6.07 Å². The van der Waals surface area contributed by atoms with Gasteiger partial charge in [0.1, 0.15) is 0 Å². The third-order valence-electron chi connectivity index (χ3n) is 2.38. The standard InChI is InChI=1S/C10H10F6N2/c1-5-2-3-6(4-18-5)7(17)8(9(11,12)13)10(14,15)16/h2-4,7-8H,17H2,1H3. The zero-order valence-electron chi connectivity index (χ0n) is 9.18. The summed E-state index contributed by atoms with van der Waals surface area (Å²) in [4.78, 5) is 3.63. The summed E-state index contributed by atoms with van der Waals surface area (Å²) in [5.74, 6) is -3.60. The highest BCUT2D eigenvalue weighted by atomic mass is 19.4. The summed E-state index contributed by atoms with van der Waals surface area (Å²) in [6.45, 7) is 1.56. The molecular formula is C10H10F6N2. The van der Waals surface area contributed by atoms with Crippen LogP contribution in [0.3, 0.4) is 0 Å². The van der Waals surface area contributed by atoms with Crippen LogP contribution in [0.4, 0.5) is 26.3 Å². The number of hydrogen-bond acceptors (Lipinski definition) is 2. The van der Waals surface area contributed by atoms with Gasteiger partial charge in [-0.1, -0.05) is 6.07 Å². The molecule has 0 aromatic carbocycles. The number of nitrogens with two attached hydrogens (primary N) is 1. The maximum atomic E-state index is 12.4. The molecule has 0 fully saturated rings. The van der Waals surface area contributed by atoms with E-state index >= 15 is 0 Å². The smallest absolute Gasteiger partial charge is 0.323 e. The van der Waals surface area contributed by atoms with E-state index in [-0.39, 0.29) is 5.56 Å². The molecule has 0 aliphatic carbocycles. The van der Waals surface area contributed by atoms with Crippen molar-refractivity contribution in [2.24, 2.45) is 11.7 Å². The first-order valence-corrected chi connectivity index (χ1v) is 4.85. The summed E-state index contributed by atoms with van der Waals surface area (Å²) in [5, 5.41) is 0. The summed E-state index contributed by atoms with van der Waals surface area (Å²) in [7, 11) is 0. The molecule has 18 heavy (non-hydrogen) atoms. The van der Waals surface area contributed by atoms with Crippen molar-refractivity contribution >= 4 is 0 Å². The normalized spacial score (nSPS) is 14.9. The quantitative estimate of drug-likeness (QED) is 0.840. The van der Waals surface area contributed by atoms with E-state index < -0.39 is 24.3 Å². The van der Waals surface area contributed by atoms with Crippen LogP contribution >= 0.6 is 0 Å². The van der Waals surface area contributed by atoms with Crippen molar-refractivity contribution in [3.63, 3.8) is 0 Å². The number of pyridine rings is 1. The topological polar surface area (TPSA) is 38.9 Å². The summed E-state index contributed by atoms with van der Waals surface area (Å²) in [6.07, 6.45) is -9.99. The Morgan fingerprint density at radius 1 is 1.06 bits per heavy atom. The van der Waals surface area contributed by atoms with Crippen LogP contribution < -0.4 is 5.73 Å². The Morgan fingerprint density at radius 2 is 1.56 bits per heavy atom. The van der Waals surface area contributed by atoms with Crippen LogP contribution in [0.2, 0.25) is 0 Å². The Morgan fingerprint density at radius 3 is 1.89 bits per heavy atom. The predicted molar refractivity (Wildman–Crippen MR) is 51.5 cm³/mol. The van der Waals surface area contributed by atoms with Crippen LogP contribution in [0.1, 0.15) is 17.3 Å². The van der Waals surface area contributed by atoms with Crippen LogP contribution in [-0.2, 0) is 0 Å². The monoisotopic (exact) mass is 272 g/mol.